The van der Waals surface area contributed by atoms with E-state index in [4.69, 9.17) is 16.3 Å². The number of rotatable bonds is 7. The van der Waals surface area contributed by atoms with E-state index >= 15 is 0 Å². The van der Waals surface area contributed by atoms with Gasteiger partial charge in [-0.15, -0.1) is 0 Å². The fourth-order valence-electron chi connectivity index (χ4n) is 5.29. The van der Waals surface area contributed by atoms with Gasteiger partial charge in [-0.05, 0) is 74.2 Å². The molecule has 1 aliphatic carbocycles. The Hall–Kier alpha value is -1.80. The maximum absolute atomic E-state index is 13.0. The topological polar surface area (TPSA) is 35.9 Å². The average molecular weight is 511 g/mol. The van der Waals surface area contributed by atoms with Gasteiger partial charge in [-0.3, -0.25) is 0 Å². The lowest BCUT2D eigenvalue weighted by Gasteiger charge is -2.42. The zero-order valence-corrected chi connectivity index (χ0v) is 20.9. The van der Waals surface area contributed by atoms with Crippen molar-refractivity contribution < 1.29 is 23.0 Å². The number of aliphatic hydroxyl groups is 1. The molecule has 2 unspecified atom stereocenters. The molecule has 2 aromatic carbocycles. The highest BCUT2D eigenvalue weighted by atomic mass is 35.5. The van der Waals surface area contributed by atoms with Crippen LogP contribution in [0.2, 0.25) is 5.02 Å². The predicted molar refractivity (Wildman–Crippen MR) is 132 cm³/mol. The van der Waals surface area contributed by atoms with Gasteiger partial charge in [0.05, 0.1) is 16.2 Å². The van der Waals surface area contributed by atoms with Crippen LogP contribution >= 0.6 is 11.6 Å². The van der Waals surface area contributed by atoms with Gasteiger partial charge in [-0.1, -0.05) is 42.6 Å². The minimum atomic E-state index is -4.40. The SMILES string of the molecule is CN1CCN(CCC2CCCCC2(O)c2ccc(OCc3cccc(C(F)(F)F)c3)c(Cl)c2)CC1. The maximum atomic E-state index is 13.0. The summed E-state index contributed by atoms with van der Waals surface area (Å²) in [5.74, 6) is 0.546. The summed E-state index contributed by atoms with van der Waals surface area (Å²) in [7, 11) is 2.15. The van der Waals surface area contributed by atoms with Crippen LogP contribution in [0, 0.1) is 5.92 Å². The highest BCUT2D eigenvalue weighted by Crippen LogP contribution is 2.45. The predicted octanol–water partition coefficient (Wildman–Crippen LogP) is 5.95. The molecule has 4 nitrogen and oxygen atoms in total. The molecule has 4 rings (SSSR count). The lowest BCUT2D eigenvalue weighted by Crippen LogP contribution is -2.46. The molecule has 0 radical (unpaired) electrons. The van der Waals surface area contributed by atoms with Crippen LogP contribution < -0.4 is 4.74 Å². The molecule has 2 aromatic rings. The third-order valence-electron chi connectivity index (χ3n) is 7.51. The summed E-state index contributed by atoms with van der Waals surface area (Å²) in [5, 5.41) is 12.1. The first-order valence-electron chi connectivity index (χ1n) is 12.4. The zero-order valence-electron chi connectivity index (χ0n) is 20.2. The highest BCUT2D eigenvalue weighted by molar-refractivity contribution is 6.32. The normalized spacial score (nSPS) is 24.5. The lowest BCUT2D eigenvalue weighted by molar-refractivity contribution is -0.137. The third-order valence-corrected chi connectivity index (χ3v) is 7.80. The van der Waals surface area contributed by atoms with Crippen LogP contribution in [0.25, 0.3) is 0 Å². The quantitative estimate of drug-likeness (QED) is 0.499. The molecule has 1 saturated heterocycles. The molecular formula is C27H34ClF3N2O2. The Balaban J connectivity index is 1.42. The first kappa shape index (κ1) is 26.3. The van der Waals surface area contributed by atoms with Crippen LogP contribution in [-0.4, -0.2) is 54.7 Å². The third kappa shape index (κ3) is 6.50. The van der Waals surface area contributed by atoms with Crippen LogP contribution in [0.3, 0.4) is 0 Å². The van der Waals surface area contributed by atoms with Crippen molar-refractivity contribution >= 4 is 11.6 Å². The smallest absolute Gasteiger partial charge is 0.416 e. The van der Waals surface area contributed by atoms with Gasteiger partial charge in [0.25, 0.3) is 0 Å². The molecule has 0 amide bonds. The van der Waals surface area contributed by atoms with E-state index < -0.39 is 17.3 Å². The Morgan fingerprint density at radius 2 is 1.86 bits per heavy atom. The van der Waals surface area contributed by atoms with E-state index in [1.165, 1.54) is 6.07 Å². The largest absolute Gasteiger partial charge is 0.487 e. The zero-order chi connectivity index (χ0) is 25.1. The van der Waals surface area contributed by atoms with Crippen molar-refractivity contribution in [3.63, 3.8) is 0 Å². The Morgan fingerprint density at radius 1 is 1.09 bits per heavy atom. The van der Waals surface area contributed by atoms with E-state index in [2.05, 4.69) is 16.8 Å². The van der Waals surface area contributed by atoms with E-state index in [0.717, 1.165) is 76.1 Å². The molecular weight excluding hydrogens is 477 g/mol. The van der Waals surface area contributed by atoms with E-state index in [9.17, 15) is 18.3 Å². The molecule has 0 spiro atoms. The number of nitrogens with zero attached hydrogens (tertiary/aromatic N) is 2. The minimum Gasteiger partial charge on any atom is -0.487 e. The molecule has 192 valence electrons. The van der Waals surface area contributed by atoms with E-state index in [1.54, 1.807) is 18.2 Å². The van der Waals surface area contributed by atoms with Gasteiger partial charge in [-0.25, -0.2) is 0 Å². The van der Waals surface area contributed by atoms with Crippen molar-refractivity contribution in [1.82, 2.24) is 9.80 Å². The van der Waals surface area contributed by atoms with Gasteiger partial charge in [0.2, 0.25) is 0 Å². The van der Waals surface area contributed by atoms with Crippen molar-refractivity contribution in [3.8, 4) is 5.75 Å². The van der Waals surface area contributed by atoms with Crippen LogP contribution in [0.15, 0.2) is 42.5 Å². The molecule has 0 aromatic heterocycles. The summed E-state index contributed by atoms with van der Waals surface area (Å²) < 4.78 is 44.6. The van der Waals surface area contributed by atoms with E-state index in [-0.39, 0.29) is 12.5 Å². The Bertz CT molecular complexity index is 995. The van der Waals surface area contributed by atoms with Gasteiger partial charge >= 0.3 is 6.18 Å². The number of piperazine rings is 1. The van der Waals surface area contributed by atoms with Gasteiger partial charge in [-0.2, -0.15) is 13.2 Å². The van der Waals surface area contributed by atoms with Crippen LogP contribution in [-0.2, 0) is 18.4 Å². The average Bonchev–Trinajstić information content (AvgIpc) is 2.83. The summed E-state index contributed by atoms with van der Waals surface area (Å²) in [4.78, 5) is 4.82. The van der Waals surface area contributed by atoms with Crippen LogP contribution in [0.4, 0.5) is 13.2 Å². The van der Waals surface area contributed by atoms with Crippen molar-refractivity contribution in [3.05, 3.63) is 64.2 Å². The Labute approximate surface area is 210 Å². The first-order chi connectivity index (χ1) is 16.6. The lowest BCUT2D eigenvalue weighted by atomic mass is 9.70. The van der Waals surface area contributed by atoms with E-state index in [0.29, 0.717) is 22.8 Å². The number of alkyl halides is 3. The monoisotopic (exact) mass is 510 g/mol. The van der Waals surface area contributed by atoms with Gasteiger partial charge in [0, 0.05) is 26.2 Å². The standard InChI is InChI=1S/C27H34ClF3N2O2/c1-32-13-15-33(16-14-32)12-10-21-6-2-3-11-26(21,34)22-8-9-25(24(28)18-22)35-19-20-5-4-7-23(17-20)27(29,30)31/h4-5,7-9,17-18,21,34H,2-3,6,10-16,19H2,1H3. The second kappa shape index (κ2) is 11.1. The van der Waals surface area contributed by atoms with E-state index in [1.807, 2.05) is 6.07 Å². The molecule has 1 N–H and O–H groups in total. The molecule has 35 heavy (non-hydrogen) atoms. The molecule has 8 heteroatoms. The number of benzene rings is 2. The molecule has 2 atom stereocenters. The highest BCUT2D eigenvalue weighted by Gasteiger charge is 2.40. The van der Waals surface area contributed by atoms with Gasteiger partial charge < -0.3 is 19.6 Å². The fourth-order valence-corrected chi connectivity index (χ4v) is 5.52. The molecule has 0 bridgehead atoms. The number of halogens is 4. The summed E-state index contributed by atoms with van der Waals surface area (Å²) in [6, 6.07) is 10.4. The number of likely N-dealkylation sites (N-methyl/N-ethyl adjacent to an activating group) is 1. The van der Waals surface area contributed by atoms with Gasteiger partial charge in [0.1, 0.15) is 12.4 Å². The molecule has 1 saturated carbocycles. The molecule has 2 fully saturated rings. The molecule has 1 heterocycles. The summed E-state index contributed by atoms with van der Waals surface area (Å²) >= 11 is 6.51. The second-order valence-corrected chi connectivity index (χ2v) is 10.3. The van der Waals surface area contributed by atoms with Crippen LogP contribution in [0.5, 0.6) is 5.75 Å². The van der Waals surface area contributed by atoms with Crippen molar-refractivity contribution in [2.75, 3.05) is 39.8 Å². The molecule has 1 aliphatic heterocycles. The second-order valence-electron chi connectivity index (χ2n) is 9.93. The molecule has 2 aliphatic rings. The summed E-state index contributed by atoms with van der Waals surface area (Å²) in [6.07, 6.45) is 0.294. The van der Waals surface area contributed by atoms with Gasteiger partial charge in [0.15, 0.2) is 0 Å². The van der Waals surface area contributed by atoms with Crippen molar-refractivity contribution in [2.24, 2.45) is 5.92 Å². The fraction of sp³-hybridized carbons (Fsp3) is 0.556. The van der Waals surface area contributed by atoms with Crippen molar-refractivity contribution in [2.45, 2.75) is 50.5 Å². The summed E-state index contributed by atoms with van der Waals surface area (Å²) in [5.41, 5.74) is -0.442. The maximum Gasteiger partial charge on any atom is 0.416 e. The Morgan fingerprint density at radius 3 is 2.57 bits per heavy atom. The van der Waals surface area contributed by atoms with Crippen LogP contribution in [0.1, 0.15) is 48.8 Å². The number of hydrogen-bond acceptors (Lipinski definition) is 4. The number of ether oxygens (including phenoxy) is 1. The van der Waals surface area contributed by atoms with Crippen molar-refractivity contribution in [1.29, 1.82) is 0 Å². The minimum absolute atomic E-state index is 0.0269. The number of hydrogen-bond donors (Lipinski definition) is 1. The summed E-state index contributed by atoms with van der Waals surface area (Å²) in [6.45, 7) is 5.23. The first-order valence-corrected chi connectivity index (χ1v) is 12.8. The Kier molecular flexibility index (Phi) is 8.31.